The van der Waals surface area contributed by atoms with Crippen molar-refractivity contribution in [3.63, 3.8) is 0 Å². The summed E-state index contributed by atoms with van der Waals surface area (Å²) in [4.78, 5) is 37.4. The maximum absolute atomic E-state index is 12.9. The van der Waals surface area contributed by atoms with Gasteiger partial charge in [0.1, 0.15) is 12.2 Å². The first kappa shape index (κ1) is 29.6. The monoisotopic (exact) mass is 556 g/mol. The molecule has 0 bridgehead atoms. The van der Waals surface area contributed by atoms with Crippen LogP contribution in [0.25, 0.3) is 0 Å². The van der Waals surface area contributed by atoms with Crippen molar-refractivity contribution in [3.8, 4) is 0 Å². The van der Waals surface area contributed by atoms with E-state index in [1.54, 1.807) is 0 Å². The molecule has 6 heteroatoms. The summed E-state index contributed by atoms with van der Waals surface area (Å²) >= 11 is 0. The van der Waals surface area contributed by atoms with Gasteiger partial charge in [-0.15, -0.1) is 0 Å². The number of rotatable bonds is 3. The molecule has 4 fully saturated rings. The predicted octanol–water partition coefficient (Wildman–Crippen LogP) is 7.20. The first-order valence-corrected chi connectivity index (χ1v) is 15.7. The van der Waals surface area contributed by atoms with Crippen LogP contribution in [0.4, 0.5) is 0 Å². The summed E-state index contributed by atoms with van der Waals surface area (Å²) in [7, 11) is 0. The third-order valence-electron chi connectivity index (χ3n) is 13.9. The second kappa shape index (κ2) is 9.33. The number of ether oxygens (including phenoxy) is 2. The lowest BCUT2D eigenvalue weighted by Gasteiger charge is -2.71. The first-order chi connectivity index (χ1) is 18.5. The van der Waals surface area contributed by atoms with Crippen molar-refractivity contribution in [3.05, 3.63) is 11.6 Å². The Hall–Kier alpha value is -1.85. The summed E-state index contributed by atoms with van der Waals surface area (Å²) in [6.07, 6.45) is 8.62. The van der Waals surface area contributed by atoms with Gasteiger partial charge >= 0.3 is 17.9 Å². The van der Waals surface area contributed by atoms with Gasteiger partial charge in [-0.2, -0.15) is 0 Å². The van der Waals surface area contributed by atoms with Gasteiger partial charge in [0.05, 0.1) is 5.41 Å². The highest BCUT2D eigenvalue weighted by Gasteiger charge is 2.71. The standard InChI is InChI=1S/C34H52O6/c1-19-12-15-34(29(37)38)17-16-32(8)23(27(34)20(19)2)10-11-26-31(7)18-24(39-21(3)35)28(40-22(4)36)30(5,6)25(31)13-14-33(26,32)9/h10,19-20,24-28H,11-18H2,1-9H3,(H,37,38)/t19-,20+,24-,25+,26-,27+,28-,31+,32-,33-,34+/m1/s1. The average molecular weight is 557 g/mol. The van der Waals surface area contributed by atoms with E-state index in [0.29, 0.717) is 30.1 Å². The van der Waals surface area contributed by atoms with Gasteiger partial charge in [-0.25, -0.2) is 0 Å². The molecule has 0 radical (unpaired) electrons. The van der Waals surface area contributed by atoms with E-state index in [9.17, 15) is 19.5 Å². The molecule has 5 aliphatic rings. The fourth-order valence-electron chi connectivity index (χ4n) is 11.7. The van der Waals surface area contributed by atoms with Gasteiger partial charge in [-0.1, -0.05) is 60.1 Å². The number of carbonyl (C=O) groups excluding carboxylic acids is 2. The molecule has 0 amide bonds. The van der Waals surface area contributed by atoms with E-state index < -0.39 is 23.6 Å². The van der Waals surface area contributed by atoms with Gasteiger partial charge in [0.2, 0.25) is 0 Å². The lowest BCUT2D eigenvalue weighted by Crippen LogP contribution is -2.68. The van der Waals surface area contributed by atoms with Gasteiger partial charge < -0.3 is 14.6 Å². The molecule has 224 valence electrons. The Kier molecular flexibility index (Phi) is 6.91. The summed E-state index contributed by atoms with van der Waals surface area (Å²) in [5.41, 5.74) is 0.219. The van der Waals surface area contributed by atoms with E-state index in [1.807, 2.05) is 0 Å². The lowest BCUT2D eigenvalue weighted by atomic mass is 9.33. The molecule has 1 N–H and O–H groups in total. The van der Waals surface area contributed by atoms with Gasteiger partial charge in [0.15, 0.2) is 0 Å². The SMILES string of the molecule is CC(=O)O[C@@H]1[C@H](OC(C)=O)C[C@]2(C)[C@H]3CC=C4[C@@H]5[C@@H](C)[C@H](C)CC[C@]5(C(=O)O)CC[C@@]4(C)[C@]3(C)CC[C@H]2C1(C)C. The molecule has 0 aromatic heterocycles. The van der Waals surface area contributed by atoms with E-state index in [2.05, 4.69) is 54.5 Å². The number of allylic oxidation sites excluding steroid dienone is 2. The van der Waals surface area contributed by atoms with Crippen LogP contribution < -0.4 is 0 Å². The second-order valence-corrected chi connectivity index (χ2v) is 15.8. The zero-order chi connectivity index (χ0) is 29.6. The largest absolute Gasteiger partial charge is 0.481 e. The maximum atomic E-state index is 12.9. The quantitative estimate of drug-likeness (QED) is 0.292. The molecule has 0 aromatic carbocycles. The molecule has 4 saturated carbocycles. The minimum absolute atomic E-state index is 0.00146. The number of carboxylic acid groups (broad SMARTS) is 1. The van der Waals surface area contributed by atoms with E-state index in [-0.39, 0.29) is 39.5 Å². The second-order valence-electron chi connectivity index (χ2n) is 15.8. The first-order valence-electron chi connectivity index (χ1n) is 15.7. The molecule has 0 unspecified atom stereocenters. The Morgan fingerprint density at radius 3 is 2.12 bits per heavy atom. The number of hydrogen-bond acceptors (Lipinski definition) is 5. The van der Waals surface area contributed by atoms with Crippen molar-refractivity contribution in [2.75, 3.05) is 0 Å². The van der Waals surface area contributed by atoms with Crippen LogP contribution in [0.2, 0.25) is 0 Å². The minimum atomic E-state index is -0.647. The summed E-state index contributed by atoms with van der Waals surface area (Å²) in [6.45, 7) is 19.2. The summed E-state index contributed by atoms with van der Waals surface area (Å²) in [6, 6.07) is 0. The molecule has 0 aromatic rings. The molecule has 0 heterocycles. The fourth-order valence-corrected chi connectivity index (χ4v) is 11.7. The zero-order valence-electron chi connectivity index (χ0n) is 26.3. The number of esters is 2. The van der Waals surface area contributed by atoms with Gasteiger partial charge in [-0.3, -0.25) is 14.4 Å². The molecule has 0 aliphatic heterocycles. The van der Waals surface area contributed by atoms with Crippen LogP contribution in [-0.2, 0) is 23.9 Å². The Morgan fingerprint density at radius 2 is 1.52 bits per heavy atom. The number of carboxylic acids is 1. The molecular weight excluding hydrogens is 504 g/mol. The van der Waals surface area contributed by atoms with Crippen LogP contribution in [0.1, 0.15) is 114 Å². The van der Waals surface area contributed by atoms with Crippen LogP contribution in [0, 0.1) is 56.7 Å². The Morgan fingerprint density at radius 1 is 0.875 bits per heavy atom. The number of hydrogen-bond donors (Lipinski definition) is 1. The zero-order valence-corrected chi connectivity index (χ0v) is 26.3. The molecule has 0 spiro atoms. The van der Waals surface area contributed by atoms with Crippen LogP contribution >= 0.6 is 0 Å². The van der Waals surface area contributed by atoms with Crippen molar-refractivity contribution in [1.82, 2.24) is 0 Å². The van der Waals surface area contributed by atoms with Crippen LogP contribution in [-0.4, -0.2) is 35.2 Å². The van der Waals surface area contributed by atoms with Crippen molar-refractivity contribution >= 4 is 17.9 Å². The van der Waals surface area contributed by atoms with Crippen LogP contribution in [0.5, 0.6) is 0 Å². The van der Waals surface area contributed by atoms with Gasteiger partial charge in [0.25, 0.3) is 0 Å². The number of carbonyl (C=O) groups is 3. The third kappa shape index (κ3) is 3.82. The summed E-state index contributed by atoms with van der Waals surface area (Å²) in [5, 5.41) is 10.6. The number of aliphatic carboxylic acids is 1. The van der Waals surface area contributed by atoms with E-state index in [1.165, 1.54) is 19.4 Å². The molecular formula is C34H52O6. The highest BCUT2D eigenvalue weighted by Crippen LogP contribution is 2.76. The van der Waals surface area contributed by atoms with Gasteiger partial charge in [0, 0.05) is 19.3 Å². The lowest BCUT2D eigenvalue weighted by molar-refractivity contribution is -0.244. The third-order valence-corrected chi connectivity index (χ3v) is 13.9. The van der Waals surface area contributed by atoms with Crippen molar-refractivity contribution in [2.24, 2.45) is 56.7 Å². The Labute approximate surface area is 241 Å². The number of fused-ring (bicyclic) bond motifs is 7. The topological polar surface area (TPSA) is 89.9 Å². The summed E-state index contributed by atoms with van der Waals surface area (Å²) in [5.74, 6) is 0.333. The molecule has 11 atom stereocenters. The van der Waals surface area contributed by atoms with E-state index in [0.717, 1.165) is 44.9 Å². The van der Waals surface area contributed by atoms with E-state index >= 15 is 0 Å². The normalized spacial score (nSPS) is 49.2. The van der Waals surface area contributed by atoms with Crippen LogP contribution in [0.3, 0.4) is 0 Å². The molecule has 5 aliphatic carbocycles. The van der Waals surface area contributed by atoms with Crippen molar-refractivity contribution in [2.45, 2.75) is 126 Å². The summed E-state index contributed by atoms with van der Waals surface area (Å²) < 4.78 is 11.8. The molecule has 6 nitrogen and oxygen atoms in total. The van der Waals surface area contributed by atoms with E-state index in [4.69, 9.17) is 9.47 Å². The Bertz CT molecular complexity index is 1120. The van der Waals surface area contributed by atoms with Crippen molar-refractivity contribution in [1.29, 1.82) is 0 Å². The highest BCUT2D eigenvalue weighted by atomic mass is 16.6. The molecule has 0 saturated heterocycles. The Balaban J connectivity index is 1.60. The van der Waals surface area contributed by atoms with Crippen LogP contribution in [0.15, 0.2) is 11.6 Å². The minimum Gasteiger partial charge on any atom is -0.481 e. The molecule has 5 rings (SSSR count). The predicted molar refractivity (Wildman–Crippen MR) is 153 cm³/mol. The molecule has 40 heavy (non-hydrogen) atoms. The highest BCUT2D eigenvalue weighted by molar-refractivity contribution is 5.76. The smallest absolute Gasteiger partial charge is 0.310 e. The van der Waals surface area contributed by atoms with Gasteiger partial charge in [-0.05, 0) is 97.2 Å². The van der Waals surface area contributed by atoms with Crippen molar-refractivity contribution < 1.29 is 29.0 Å². The fraction of sp³-hybridized carbons (Fsp3) is 0.853. The maximum Gasteiger partial charge on any atom is 0.310 e. The average Bonchev–Trinajstić information content (AvgIpc) is 2.83.